The number of nitrogens with two attached hydrogens (primary N) is 1. The van der Waals surface area contributed by atoms with Gasteiger partial charge in [0.1, 0.15) is 0 Å². The van der Waals surface area contributed by atoms with E-state index in [1.165, 1.54) is 41.7 Å². The fourth-order valence-corrected chi connectivity index (χ4v) is 7.44. The average molecular weight is 551 g/mol. The Morgan fingerprint density at radius 3 is 2.39 bits per heavy atom. The first-order chi connectivity index (χ1) is 19.7. The predicted octanol–water partition coefficient (Wildman–Crippen LogP) is 8.07. The highest BCUT2D eigenvalue weighted by molar-refractivity contribution is 5.60. The summed E-state index contributed by atoms with van der Waals surface area (Å²) in [7, 11) is 2.00. The van der Waals surface area contributed by atoms with Gasteiger partial charge in [0.2, 0.25) is 0 Å². The van der Waals surface area contributed by atoms with Gasteiger partial charge in [0.05, 0.1) is 0 Å². The van der Waals surface area contributed by atoms with Crippen molar-refractivity contribution >= 4 is 5.69 Å². The summed E-state index contributed by atoms with van der Waals surface area (Å²) in [6.07, 6.45) is 21.1. The Bertz CT molecular complexity index is 1300. The summed E-state index contributed by atoms with van der Waals surface area (Å²) in [4.78, 5) is 5.01. The molecule has 1 aromatic rings. The van der Waals surface area contributed by atoms with E-state index in [4.69, 9.17) is 5.73 Å². The highest BCUT2D eigenvalue weighted by Gasteiger charge is 2.43. The minimum atomic E-state index is -0.108. The molecule has 2 fully saturated rings. The third-order valence-corrected chi connectivity index (χ3v) is 9.63. The van der Waals surface area contributed by atoms with Crippen LogP contribution >= 0.6 is 0 Å². The predicted molar refractivity (Wildman–Crippen MR) is 177 cm³/mol. The molecular formula is C37H50N4. The minimum Gasteiger partial charge on any atom is -0.405 e. The lowest BCUT2D eigenvalue weighted by atomic mass is 9.72. The van der Waals surface area contributed by atoms with Crippen LogP contribution in [0.4, 0.5) is 5.69 Å². The Kier molecular flexibility index (Phi) is 9.53. The molecule has 2 heterocycles. The molecule has 0 aromatic heterocycles. The molecule has 0 amide bonds. The molecule has 1 aromatic carbocycles. The Morgan fingerprint density at radius 2 is 1.78 bits per heavy atom. The van der Waals surface area contributed by atoms with Crippen LogP contribution in [0.5, 0.6) is 0 Å². The maximum Gasteiger partial charge on any atom is 0.0376 e. The second-order valence-electron chi connectivity index (χ2n) is 12.3. The average Bonchev–Trinajstić information content (AvgIpc) is 3.49. The molecule has 4 heteroatoms. The molecule has 4 rings (SSSR count). The molecule has 0 bridgehead atoms. The van der Waals surface area contributed by atoms with E-state index in [9.17, 15) is 0 Å². The van der Waals surface area contributed by atoms with Crippen molar-refractivity contribution in [3.8, 4) is 0 Å². The second-order valence-corrected chi connectivity index (χ2v) is 12.3. The van der Waals surface area contributed by atoms with E-state index in [1.807, 2.05) is 19.2 Å². The van der Waals surface area contributed by atoms with E-state index in [0.29, 0.717) is 5.41 Å². The summed E-state index contributed by atoms with van der Waals surface area (Å²) in [5.74, 6) is 0.179. The first-order valence-electron chi connectivity index (χ1n) is 15.1. The lowest BCUT2D eigenvalue weighted by Crippen LogP contribution is -2.40. The molecule has 2 unspecified atom stereocenters. The SMILES string of the molecule is C=C/C=C(\C=C/C)N1CCC2(CCN(C(=C)/C(C=C)=C/C3=C(C)CC(C)(/C=C\N)C3c3ccccc3NC)C2)CC1. The van der Waals surface area contributed by atoms with Crippen molar-refractivity contribution < 1.29 is 0 Å². The number of hydrogen-bond acceptors (Lipinski definition) is 4. The highest BCUT2D eigenvalue weighted by Crippen LogP contribution is 2.55. The number of hydrogen-bond donors (Lipinski definition) is 2. The van der Waals surface area contributed by atoms with Gasteiger partial charge in [-0.15, -0.1) is 0 Å². The minimum absolute atomic E-state index is 0.108. The maximum absolute atomic E-state index is 6.00. The van der Waals surface area contributed by atoms with Crippen LogP contribution in [0.15, 0.2) is 121 Å². The normalized spacial score (nSPS) is 25.1. The van der Waals surface area contributed by atoms with Gasteiger partial charge in [0.25, 0.3) is 0 Å². The zero-order valence-corrected chi connectivity index (χ0v) is 25.8. The molecule has 4 nitrogen and oxygen atoms in total. The maximum atomic E-state index is 6.00. The van der Waals surface area contributed by atoms with E-state index in [1.54, 1.807) is 6.20 Å². The van der Waals surface area contributed by atoms with Crippen LogP contribution in [0, 0.1) is 10.8 Å². The van der Waals surface area contributed by atoms with Gasteiger partial charge in [0.15, 0.2) is 0 Å². The number of nitrogens with one attached hydrogen (secondary N) is 1. The largest absolute Gasteiger partial charge is 0.405 e. The number of likely N-dealkylation sites (tertiary alicyclic amines) is 2. The highest BCUT2D eigenvalue weighted by atomic mass is 15.2. The number of allylic oxidation sites excluding steroid dienone is 9. The van der Waals surface area contributed by atoms with Gasteiger partial charge >= 0.3 is 0 Å². The van der Waals surface area contributed by atoms with Crippen LogP contribution in [0.25, 0.3) is 0 Å². The number of benzene rings is 1. The zero-order valence-electron chi connectivity index (χ0n) is 25.8. The molecule has 2 atom stereocenters. The van der Waals surface area contributed by atoms with Crippen molar-refractivity contribution in [3.63, 3.8) is 0 Å². The summed E-state index contributed by atoms with van der Waals surface area (Å²) in [5, 5.41) is 3.42. The molecular weight excluding hydrogens is 500 g/mol. The molecule has 3 aliphatic rings. The van der Waals surface area contributed by atoms with Crippen molar-refractivity contribution in [1.29, 1.82) is 0 Å². The first-order valence-corrected chi connectivity index (χ1v) is 15.1. The first kappa shape index (κ1) is 30.3. The number of anilines is 1. The summed E-state index contributed by atoms with van der Waals surface area (Å²) in [5.41, 5.74) is 14.9. The molecule has 41 heavy (non-hydrogen) atoms. The van der Waals surface area contributed by atoms with Crippen molar-refractivity contribution in [3.05, 3.63) is 126 Å². The van der Waals surface area contributed by atoms with E-state index in [0.717, 1.165) is 49.6 Å². The fourth-order valence-electron chi connectivity index (χ4n) is 7.44. The third-order valence-electron chi connectivity index (χ3n) is 9.63. The van der Waals surface area contributed by atoms with Crippen molar-refractivity contribution in [1.82, 2.24) is 9.80 Å². The summed E-state index contributed by atoms with van der Waals surface area (Å²) >= 11 is 0. The third kappa shape index (κ3) is 6.17. The standard InChI is InChI=1S/C37H50N4/c1-8-13-31(14-9-2)40-22-18-37(19-23-40)20-24-41(27-37)29(5)30(10-3)25-33-28(4)26-36(6,17-21-38)35(33)32-15-11-12-16-34(32)39-7/h8-17,21,25,35,39H,1,3,5,18-20,22-24,26-27,38H2,2,4,6-7H3/b14-9-,21-17-,30-25+,31-13+. The van der Waals surface area contributed by atoms with Crippen LogP contribution in [-0.4, -0.2) is 43.0 Å². The molecule has 3 N–H and O–H groups in total. The molecule has 1 aliphatic carbocycles. The Labute approximate surface area is 249 Å². The Hall–Kier alpha value is -3.66. The number of piperidine rings is 1. The van der Waals surface area contributed by atoms with E-state index >= 15 is 0 Å². The van der Waals surface area contributed by atoms with E-state index < -0.39 is 0 Å². The second kappa shape index (κ2) is 12.9. The van der Waals surface area contributed by atoms with Crippen LogP contribution < -0.4 is 11.1 Å². The lowest BCUT2D eigenvalue weighted by Gasteiger charge is -2.41. The van der Waals surface area contributed by atoms with E-state index in [2.05, 4.69) is 110 Å². The van der Waals surface area contributed by atoms with Gasteiger partial charge in [-0.3, -0.25) is 0 Å². The van der Waals surface area contributed by atoms with Gasteiger partial charge in [-0.25, -0.2) is 0 Å². The monoisotopic (exact) mass is 550 g/mol. The zero-order chi connectivity index (χ0) is 29.6. The number of para-hydroxylation sites is 1. The summed E-state index contributed by atoms with van der Waals surface area (Å²) in [6.45, 7) is 23.7. The van der Waals surface area contributed by atoms with Crippen LogP contribution in [0.1, 0.15) is 57.9 Å². The topological polar surface area (TPSA) is 44.5 Å². The van der Waals surface area contributed by atoms with E-state index in [-0.39, 0.29) is 11.3 Å². The molecule has 2 saturated heterocycles. The quantitative estimate of drug-likeness (QED) is 0.289. The summed E-state index contributed by atoms with van der Waals surface area (Å²) < 4.78 is 0. The van der Waals surface area contributed by atoms with Gasteiger partial charge in [-0.2, -0.15) is 0 Å². The van der Waals surface area contributed by atoms with Crippen LogP contribution in [-0.2, 0) is 0 Å². The van der Waals surface area contributed by atoms with Gasteiger partial charge in [-0.05, 0) is 92.1 Å². The lowest BCUT2D eigenvalue weighted by molar-refractivity contribution is 0.138. The Balaban J connectivity index is 1.57. The Morgan fingerprint density at radius 1 is 1.10 bits per heavy atom. The summed E-state index contributed by atoms with van der Waals surface area (Å²) in [6, 6.07) is 8.63. The molecule has 0 radical (unpaired) electrons. The molecule has 0 saturated carbocycles. The van der Waals surface area contributed by atoms with Gasteiger partial charge < -0.3 is 20.9 Å². The van der Waals surface area contributed by atoms with Crippen molar-refractivity contribution in [2.75, 3.05) is 38.5 Å². The smallest absolute Gasteiger partial charge is 0.0376 e. The number of nitrogens with zero attached hydrogens (tertiary/aromatic N) is 2. The molecule has 1 spiro atoms. The molecule has 218 valence electrons. The van der Waals surface area contributed by atoms with Gasteiger partial charge in [0, 0.05) is 61.6 Å². The van der Waals surface area contributed by atoms with Gasteiger partial charge in [-0.1, -0.05) is 74.7 Å². The van der Waals surface area contributed by atoms with Crippen molar-refractivity contribution in [2.24, 2.45) is 16.6 Å². The molecule has 2 aliphatic heterocycles. The fraction of sp³-hybridized carbons (Fsp3) is 0.405. The van der Waals surface area contributed by atoms with Crippen LogP contribution in [0.3, 0.4) is 0 Å². The van der Waals surface area contributed by atoms with Crippen LogP contribution in [0.2, 0.25) is 0 Å². The van der Waals surface area contributed by atoms with Crippen molar-refractivity contribution in [2.45, 2.75) is 52.4 Å². The number of rotatable bonds is 10.